The second-order valence-electron chi connectivity index (χ2n) is 6.12. The fraction of sp³-hybridized carbons (Fsp3) is 0.867. The Labute approximate surface area is 132 Å². The van der Waals surface area contributed by atoms with E-state index in [0.29, 0.717) is 0 Å². The highest BCUT2D eigenvalue weighted by molar-refractivity contribution is 6.76. The van der Waals surface area contributed by atoms with E-state index in [1.165, 1.54) is 56.3 Å². The summed E-state index contributed by atoms with van der Waals surface area (Å²) in [5.74, 6) is 0. The molecule has 0 rings (SSSR count). The van der Waals surface area contributed by atoms with E-state index >= 15 is 0 Å². The molecule has 0 saturated carbocycles. The summed E-state index contributed by atoms with van der Waals surface area (Å²) < 4.78 is 12.0. The maximum Gasteiger partial charge on any atom is 0.320 e. The van der Waals surface area contributed by atoms with Crippen molar-refractivity contribution in [2.45, 2.75) is 76.3 Å². The number of allylic oxidation sites excluding steroid dienone is 1. The van der Waals surface area contributed by atoms with E-state index in [0.717, 1.165) is 0 Å². The number of hydrogen-bond acceptors (Lipinski definition) is 2. The van der Waals surface area contributed by atoms with Gasteiger partial charge in [-0.25, -0.2) is 0 Å². The zero-order valence-corrected chi connectivity index (χ0v) is 17.8. The summed E-state index contributed by atoms with van der Waals surface area (Å²) in [5.41, 5.74) is 1.47. The molecule has 120 valence electrons. The molecule has 2 nitrogen and oxygen atoms in total. The molecule has 0 fully saturated rings. The van der Waals surface area contributed by atoms with Crippen molar-refractivity contribution < 1.29 is 8.54 Å². The Morgan fingerprint density at radius 2 is 1.90 bits per heavy atom. The van der Waals surface area contributed by atoms with Crippen LogP contribution in [0.4, 0.5) is 0 Å². The molecule has 5 heteroatoms. The Balaban J connectivity index is 3.94. The van der Waals surface area contributed by atoms with Crippen LogP contribution in [-0.4, -0.2) is 34.2 Å². The molecule has 20 heavy (non-hydrogen) atoms. The molecule has 0 aliphatic rings. The predicted octanol–water partition coefficient (Wildman–Crippen LogP) is 4.17. The first kappa shape index (κ1) is 20.3. The molecule has 0 spiro atoms. The van der Waals surface area contributed by atoms with Crippen molar-refractivity contribution in [2.75, 3.05) is 7.11 Å². The molecule has 0 radical (unpaired) electrons. The third kappa shape index (κ3) is 12.1. The van der Waals surface area contributed by atoms with E-state index in [1.807, 2.05) is 13.2 Å². The highest BCUT2D eigenvalue weighted by Gasteiger charge is 2.27. The van der Waals surface area contributed by atoms with Crippen molar-refractivity contribution in [3.05, 3.63) is 12.7 Å². The minimum Gasteiger partial charge on any atom is -0.439 e. The molecule has 0 aliphatic carbocycles. The Hall–Kier alpha value is 0.311. The Morgan fingerprint density at radius 1 is 1.20 bits per heavy atom. The second kappa shape index (κ2) is 13.0. The largest absolute Gasteiger partial charge is 0.439 e. The molecule has 0 aromatic carbocycles. The van der Waals surface area contributed by atoms with Crippen LogP contribution in [0.15, 0.2) is 12.7 Å². The Bertz CT molecular complexity index is 235. The lowest BCUT2D eigenvalue weighted by Gasteiger charge is -2.27. The number of rotatable bonds is 14. The van der Waals surface area contributed by atoms with Crippen LogP contribution in [0.3, 0.4) is 0 Å². The summed E-state index contributed by atoms with van der Waals surface area (Å²) >= 11 is 0. The number of unbranched alkanes of at least 4 members (excludes halogenated alkanes) is 4. The van der Waals surface area contributed by atoms with Gasteiger partial charge in [-0.1, -0.05) is 44.7 Å². The lowest BCUT2D eigenvalue weighted by molar-refractivity contribution is 0.314. The molecule has 0 saturated heterocycles. The van der Waals surface area contributed by atoms with E-state index in [-0.39, 0.29) is 9.52 Å². The molecule has 0 N–H and O–H groups in total. The van der Waals surface area contributed by atoms with Crippen LogP contribution in [-0.2, 0) is 8.54 Å². The van der Waals surface area contributed by atoms with Gasteiger partial charge in [0.05, 0.1) is 0 Å². The molecule has 0 bridgehead atoms. The third-order valence-corrected chi connectivity index (χ3v) is 14.8. The first-order valence-electron chi connectivity index (χ1n) is 8.39. The molecule has 0 aliphatic heterocycles. The van der Waals surface area contributed by atoms with Crippen molar-refractivity contribution in [2.24, 2.45) is 0 Å². The van der Waals surface area contributed by atoms with Crippen molar-refractivity contribution in [3.63, 3.8) is 0 Å². The average molecular weight is 333 g/mol. The standard InChI is InChI=1S/C15H36O2Si3/c1-6-8-9-10-11-12-14-19(15-18-13-7-2)17-20(4,5)16-3/h6,19H,1,7-15,18H2,2-5H3. The maximum absolute atomic E-state index is 6.44. The third-order valence-electron chi connectivity index (χ3n) is 3.76. The second-order valence-corrected chi connectivity index (χ2v) is 15.8. The Morgan fingerprint density at radius 3 is 2.50 bits per heavy atom. The van der Waals surface area contributed by atoms with E-state index < -0.39 is 17.6 Å². The highest BCUT2D eigenvalue weighted by Crippen LogP contribution is 2.16. The zero-order valence-electron chi connectivity index (χ0n) is 14.2. The summed E-state index contributed by atoms with van der Waals surface area (Å²) in [4.78, 5) is 0. The average Bonchev–Trinajstić information content (AvgIpc) is 2.42. The van der Waals surface area contributed by atoms with Crippen LogP contribution < -0.4 is 0 Å². The first-order chi connectivity index (χ1) is 9.55. The predicted molar refractivity (Wildman–Crippen MR) is 99.3 cm³/mol. The molecule has 0 amide bonds. The zero-order chi connectivity index (χ0) is 15.3. The van der Waals surface area contributed by atoms with Gasteiger partial charge < -0.3 is 8.54 Å². The molecular formula is C15H36O2Si3. The van der Waals surface area contributed by atoms with E-state index in [4.69, 9.17) is 8.54 Å². The summed E-state index contributed by atoms with van der Waals surface area (Å²) in [7, 11) is -0.854. The highest BCUT2D eigenvalue weighted by atomic mass is 28.4. The minimum absolute atomic E-state index is 0.130. The van der Waals surface area contributed by atoms with Gasteiger partial charge in [-0.05, 0) is 37.6 Å². The van der Waals surface area contributed by atoms with E-state index in [2.05, 4.69) is 26.6 Å². The SMILES string of the molecule is C=CCCCCCC[SiH](C[SiH2]CCC)O[Si](C)(C)OC. The lowest BCUT2D eigenvalue weighted by Crippen LogP contribution is -2.40. The summed E-state index contributed by atoms with van der Waals surface area (Å²) in [6, 6.07) is 2.85. The van der Waals surface area contributed by atoms with Crippen LogP contribution in [0.5, 0.6) is 0 Å². The van der Waals surface area contributed by atoms with Gasteiger partial charge >= 0.3 is 8.56 Å². The Kier molecular flexibility index (Phi) is 13.2. The van der Waals surface area contributed by atoms with Gasteiger partial charge in [-0.3, -0.25) is 0 Å². The minimum atomic E-state index is -1.81. The van der Waals surface area contributed by atoms with Gasteiger partial charge in [0.15, 0.2) is 9.04 Å². The summed E-state index contributed by atoms with van der Waals surface area (Å²) in [6.07, 6.45) is 9.95. The van der Waals surface area contributed by atoms with Crippen LogP contribution in [0.2, 0.25) is 30.8 Å². The van der Waals surface area contributed by atoms with Crippen molar-refractivity contribution in [3.8, 4) is 0 Å². The topological polar surface area (TPSA) is 18.5 Å². The maximum atomic E-state index is 6.44. The van der Waals surface area contributed by atoms with E-state index in [9.17, 15) is 0 Å². The van der Waals surface area contributed by atoms with Gasteiger partial charge in [-0.2, -0.15) is 0 Å². The molecule has 1 unspecified atom stereocenters. The molecule has 0 aromatic heterocycles. The molecule has 1 atom stereocenters. The van der Waals surface area contributed by atoms with Crippen LogP contribution in [0.25, 0.3) is 0 Å². The fourth-order valence-electron chi connectivity index (χ4n) is 2.35. The van der Waals surface area contributed by atoms with Gasteiger partial charge in [-0.15, -0.1) is 6.58 Å². The monoisotopic (exact) mass is 332 g/mol. The van der Waals surface area contributed by atoms with Gasteiger partial charge in [0.25, 0.3) is 0 Å². The van der Waals surface area contributed by atoms with Crippen LogP contribution in [0, 0.1) is 0 Å². The lowest BCUT2D eigenvalue weighted by atomic mass is 10.1. The number of hydrogen-bond donors (Lipinski definition) is 0. The van der Waals surface area contributed by atoms with Gasteiger partial charge in [0.2, 0.25) is 0 Å². The van der Waals surface area contributed by atoms with Gasteiger partial charge in [0.1, 0.15) is 0 Å². The molecule has 0 aromatic rings. The van der Waals surface area contributed by atoms with Gasteiger partial charge in [0, 0.05) is 16.6 Å². The smallest absolute Gasteiger partial charge is 0.320 e. The first-order valence-corrected chi connectivity index (χ1v) is 15.3. The van der Waals surface area contributed by atoms with Crippen LogP contribution >= 0.6 is 0 Å². The van der Waals surface area contributed by atoms with Crippen molar-refractivity contribution in [1.82, 2.24) is 0 Å². The summed E-state index contributed by atoms with van der Waals surface area (Å²) in [6.45, 7) is 10.5. The molecular weight excluding hydrogens is 296 g/mol. The van der Waals surface area contributed by atoms with Crippen LogP contribution in [0.1, 0.15) is 45.4 Å². The molecule has 0 heterocycles. The fourth-order valence-corrected chi connectivity index (χ4v) is 13.3. The normalized spacial score (nSPS) is 14.0. The van der Waals surface area contributed by atoms with E-state index in [1.54, 1.807) is 0 Å². The summed E-state index contributed by atoms with van der Waals surface area (Å²) in [5, 5.41) is 0. The van der Waals surface area contributed by atoms with Crippen molar-refractivity contribution >= 4 is 27.1 Å². The quantitative estimate of drug-likeness (QED) is 0.270. The van der Waals surface area contributed by atoms with Crippen molar-refractivity contribution in [1.29, 1.82) is 0 Å².